The summed E-state index contributed by atoms with van der Waals surface area (Å²) in [5.74, 6) is 0.586. The second kappa shape index (κ2) is 7.89. The molecular formula is C20H24ClN2O2+. The fourth-order valence-electron chi connectivity index (χ4n) is 3.59. The molecule has 0 bridgehead atoms. The van der Waals surface area contributed by atoms with Crippen molar-refractivity contribution in [1.29, 1.82) is 0 Å². The van der Waals surface area contributed by atoms with Crippen molar-refractivity contribution in [2.45, 2.75) is 25.3 Å². The van der Waals surface area contributed by atoms with Gasteiger partial charge >= 0.3 is 0 Å². The molecule has 132 valence electrons. The van der Waals surface area contributed by atoms with Crippen molar-refractivity contribution < 1.29 is 14.4 Å². The molecule has 25 heavy (non-hydrogen) atoms. The molecule has 0 saturated heterocycles. The first-order chi connectivity index (χ1) is 12.1. The first kappa shape index (κ1) is 17.8. The molecule has 2 atom stereocenters. The second-order valence-corrected chi connectivity index (χ2v) is 6.97. The third kappa shape index (κ3) is 4.14. The number of aryl methyl sites for hydroxylation is 1. The number of methoxy groups -OCH3 is 1. The lowest BCUT2D eigenvalue weighted by Gasteiger charge is -2.30. The monoisotopic (exact) mass is 359 g/mol. The van der Waals surface area contributed by atoms with Gasteiger partial charge in [0.15, 0.2) is 6.54 Å². The van der Waals surface area contributed by atoms with Gasteiger partial charge in [0, 0.05) is 17.7 Å². The predicted octanol–water partition coefficient (Wildman–Crippen LogP) is 2.88. The van der Waals surface area contributed by atoms with Gasteiger partial charge in [-0.1, -0.05) is 35.9 Å². The number of hydrogen-bond donors (Lipinski definition) is 2. The molecule has 0 fully saturated rings. The average molecular weight is 360 g/mol. The molecule has 2 aromatic carbocycles. The number of amides is 1. The van der Waals surface area contributed by atoms with Crippen LogP contribution in [0.4, 0.5) is 5.69 Å². The topological polar surface area (TPSA) is 42.8 Å². The Morgan fingerprint density at radius 1 is 1.32 bits per heavy atom. The summed E-state index contributed by atoms with van der Waals surface area (Å²) in [6.45, 7) is 0.419. The number of halogens is 1. The van der Waals surface area contributed by atoms with Crippen LogP contribution in [0, 0.1) is 0 Å². The van der Waals surface area contributed by atoms with E-state index in [9.17, 15) is 4.79 Å². The predicted molar refractivity (Wildman–Crippen MR) is 101 cm³/mol. The zero-order valence-corrected chi connectivity index (χ0v) is 15.4. The minimum atomic E-state index is -0.0122. The highest BCUT2D eigenvalue weighted by Crippen LogP contribution is 2.28. The van der Waals surface area contributed by atoms with Crippen molar-refractivity contribution in [3.63, 3.8) is 0 Å². The number of quaternary nitrogens is 1. The minimum absolute atomic E-state index is 0.0122. The fraction of sp³-hybridized carbons (Fsp3) is 0.350. The Morgan fingerprint density at radius 2 is 2.12 bits per heavy atom. The first-order valence-electron chi connectivity index (χ1n) is 8.62. The van der Waals surface area contributed by atoms with E-state index in [2.05, 4.69) is 36.6 Å². The summed E-state index contributed by atoms with van der Waals surface area (Å²) in [6.07, 6.45) is 3.43. The lowest BCUT2D eigenvalue weighted by Crippen LogP contribution is -3.10. The molecule has 4 nitrogen and oxygen atoms in total. The number of carbonyl (C=O) groups is 1. The number of carbonyl (C=O) groups excluding carboxylic acids is 1. The van der Waals surface area contributed by atoms with Gasteiger partial charge in [-0.3, -0.25) is 4.79 Å². The normalized spacial score (nSPS) is 17.5. The summed E-state index contributed by atoms with van der Waals surface area (Å²) >= 11 is 6.12. The molecule has 0 saturated carbocycles. The highest BCUT2D eigenvalue weighted by atomic mass is 35.5. The van der Waals surface area contributed by atoms with Gasteiger partial charge < -0.3 is 15.0 Å². The molecule has 2 aromatic rings. The van der Waals surface area contributed by atoms with Crippen molar-refractivity contribution in [2.24, 2.45) is 0 Å². The van der Waals surface area contributed by atoms with Crippen molar-refractivity contribution in [1.82, 2.24) is 0 Å². The number of anilines is 1. The summed E-state index contributed by atoms with van der Waals surface area (Å²) in [6, 6.07) is 14.2. The Balaban J connectivity index is 1.64. The smallest absolute Gasteiger partial charge is 0.279 e. The van der Waals surface area contributed by atoms with E-state index >= 15 is 0 Å². The van der Waals surface area contributed by atoms with Crippen molar-refractivity contribution in [3.05, 3.63) is 58.6 Å². The van der Waals surface area contributed by atoms with Crippen LogP contribution in [0.1, 0.15) is 30.0 Å². The second-order valence-electron chi connectivity index (χ2n) is 6.56. The summed E-state index contributed by atoms with van der Waals surface area (Å²) in [5.41, 5.74) is 3.49. The summed E-state index contributed by atoms with van der Waals surface area (Å²) < 4.78 is 5.13. The van der Waals surface area contributed by atoms with Crippen LogP contribution in [0.3, 0.4) is 0 Å². The lowest BCUT2D eigenvalue weighted by molar-refractivity contribution is -0.905. The number of hydrogen-bond acceptors (Lipinski definition) is 2. The highest BCUT2D eigenvalue weighted by molar-refractivity contribution is 6.32. The first-order valence-corrected chi connectivity index (χ1v) is 9.00. The van der Waals surface area contributed by atoms with E-state index < -0.39 is 0 Å². The SMILES string of the molecule is COc1ccc(NC(=O)C[NH+](C)[C@H]2CCCc3ccccc32)cc1Cl. The van der Waals surface area contributed by atoms with E-state index in [1.54, 1.807) is 25.3 Å². The van der Waals surface area contributed by atoms with E-state index in [1.807, 2.05) is 0 Å². The van der Waals surface area contributed by atoms with Crippen LogP contribution in [0.25, 0.3) is 0 Å². The van der Waals surface area contributed by atoms with Gasteiger partial charge in [-0.2, -0.15) is 0 Å². The van der Waals surface area contributed by atoms with Gasteiger partial charge in [-0.15, -0.1) is 0 Å². The van der Waals surface area contributed by atoms with Crippen molar-refractivity contribution in [3.8, 4) is 5.75 Å². The number of benzene rings is 2. The lowest BCUT2D eigenvalue weighted by atomic mass is 9.87. The Bertz CT molecular complexity index is 763. The van der Waals surface area contributed by atoms with E-state index in [4.69, 9.17) is 16.3 Å². The standard InChI is InChI=1S/C20H23ClN2O2/c1-23(18-9-5-7-14-6-3-4-8-16(14)18)13-20(24)22-15-10-11-19(25-2)17(21)12-15/h3-4,6,8,10-12,18H,5,7,9,13H2,1-2H3,(H,22,24)/p+1/t18-/m0/s1. The molecule has 2 N–H and O–H groups in total. The van der Waals surface area contributed by atoms with E-state index in [1.165, 1.54) is 22.4 Å². The van der Waals surface area contributed by atoms with Crippen LogP contribution in [-0.4, -0.2) is 26.6 Å². The zero-order chi connectivity index (χ0) is 17.8. The largest absolute Gasteiger partial charge is 0.495 e. The molecule has 1 amide bonds. The quantitative estimate of drug-likeness (QED) is 0.862. The van der Waals surface area contributed by atoms with Gasteiger partial charge in [0.25, 0.3) is 5.91 Å². The van der Waals surface area contributed by atoms with Crippen molar-refractivity contribution >= 4 is 23.2 Å². The Hall–Kier alpha value is -2.04. The number of ether oxygens (including phenoxy) is 1. The zero-order valence-electron chi connectivity index (χ0n) is 14.6. The number of likely N-dealkylation sites (N-methyl/N-ethyl adjacent to an activating group) is 1. The fourth-order valence-corrected chi connectivity index (χ4v) is 3.85. The maximum atomic E-state index is 12.4. The van der Waals surface area contributed by atoms with Crippen LogP contribution in [0.2, 0.25) is 5.02 Å². The average Bonchev–Trinajstić information content (AvgIpc) is 2.61. The third-order valence-corrected chi connectivity index (χ3v) is 5.13. The third-order valence-electron chi connectivity index (χ3n) is 4.84. The Kier molecular flexibility index (Phi) is 5.61. The molecule has 0 aliphatic heterocycles. The molecule has 0 aromatic heterocycles. The summed E-state index contributed by atoms with van der Waals surface area (Å²) in [5, 5.41) is 3.42. The van der Waals surface area contributed by atoms with Gasteiger partial charge in [0.05, 0.1) is 19.2 Å². The van der Waals surface area contributed by atoms with Crippen LogP contribution < -0.4 is 15.0 Å². The van der Waals surface area contributed by atoms with Gasteiger partial charge in [0.1, 0.15) is 11.8 Å². The summed E-state index contributed by atoms with van der Waals surface area (Å²) in [7, 11) is 3.66. The minimum Gasteiger partial charge on any atom is -0.495 e. The molecule has 0 radical (unpaired) electrons. The van der Waals surface area contributed by atoms with E-state index in [-0.39, 0.29) is 5.91 Å². The van der Waals surface area contributed by atoms with Crippen LogP contribution in [0.15, 0.2) is 42.5 Å². The van der Waals surface area contributed by atoms with Gasteiger partial charge in [0.2, 0.25) is 0 Å². The molecule has 0 spiro atoms. The summed E-state index contributed by atoms with van der Waals surface area (Å²) in [4.78, 5) is 13.6. The number of rotatable bonds is 5. The van der Waals surface area contributed by atoms with Gasteiger partial charge in [-0.05, 0) is 36.6 Å². The maximum absolute atomic E-state index is 12.4. The van der Waals surface area contributed by atoms with Crippen molar-refractivity contribution in [2.75, 3.05) is 26.0 Å². The molecule has 0 heterocycles. The number of nitrogens with one attached hydrogen (secondary N) is 2. The van der Waals surface area contributed by atoms with Crippen LogP contribution >= 0.6 is 11.6 Å². The Labute approximate surface area is 153 Å². The maximum Gasteiger partial charge on any atom is 0.279 e. The molecule has 3 rings (SSSR count). The molecule has 1 unspecified atom stereocenters. The van der Waals surface area contributed by atoms with E-state index in [0.29, 0.717) is 29.0 Å². The number of fused-ring (bicyclic) bond motifs is 1. The van der Waals surface area contributed by atoms with Crippen LogP contribution in [0.5, 0.6) is 5.75 Å². The molecule has 1 aliphatic carbocycles. The van der Waals surface area contributed by atoms with Gasteiger partial charge in [-0.25, -0.2) is 0 Å². The van der Waals surface area contributed by atoms with Crippen LogP contribution in [-0.2, 0) is 11.2 Å². The highest BCUT2D eigenvalue weighted by Gasteiger charge is 2.27. The van der Waals surface area contributed by atoms with E-state index in [0.717, 1.165) is 12.8 Å². The molecule has 5 heteroatoms. The molecule has 1 aliphatic rings. The molecular weight excluding hydrogens is 336 g/mol. The Morgan fingerprint density at radius 3 is 2.88 bits per heavy atom.